The molecule has 3 N–H and O–H groups in total. The third-order valence-electron chi connectivity index (χ3n) is 2.37. The summed E-state index contributed by atoms with van der Waals surface area (Å²) in [5.74, 6) is 0.147. The number of hydrogen-bond donors (Lipinski definition) is 2. The molecule has 0 bridgehead atoms. The van der Waals surface area contributed by atoms with Gasteiger partial charge in [0.2, 0.25) is 0 Å². The van der Waals surface area contributed by atoms with Gasteiger partial charge in [0.05, 0.1) is 6.10 Å². The highest BCUT2D eigenvalue weighted by Crippen LogP contribution is 2.30. The van der Waals surface area contributed by atoms with E-state index in [1.807, 2.05) is 0 Å². The van der Waals surface area contributed by atoms with Crippen LogP contribution in [0.4, 0.5) is 19.0 Å². The summed E-state index contributed by atoms with van der Waals surface area (Å²) in [6.45, 7) is 1.82. The van der Waals surface area contributed by atoms with Crippen molar-refractivity contribution >= 4 is 5.82 Å². The van der Waals surface area contributed by atoms with Crippen LogP contribution in [0, 0.1) is 0 Å². The van der Waals surface area contributed by atoms with Crippen molar-refractivity contribution < 1.29 is 18.3 Å². The summed E-state index contributed by atoms with van der Waals surface area (Å²) in [6.07, 6.45) is -5.16. The first-order valence-corrected chi connectivity index (χ1v) is 5.42. The van der Waals surface area contributed by atoms with Crippen molar-refractivity contribution in [2.24, 2.45) is 5.73 Å². The second kappa shape index (κ2) is 5.53. The van der Waals surface area contributed by atoms with Crippen molar-refractivity contribution in [2.75, 3.05) is 18.5 Å². The number of aromatic nitrogens is 1. The molecule has 1 heterocycles. The molecule has 0 saturated carbocycles. The number of likely N-dealkylation sites (N-methyl/N-ethyl adjacent to an activating group) is 1. The van der Waals surface area contributed by atoms with Gasteiger partial charge in [-0.1, -0.05) is 6.07 Å². The van der Waals surface area contributed by atoms with Gasteiger partial charge >= 0.3 is 6.18 Å². The largest absolute Gasteiger partial charge is 0.433 e. The highest BCUT2D eigenvalue weighted by molar-refractivity contribution is 5.47. The van der Waals surface area contributed by atoms with Crippen molar-refractivity contribution in [3.05, 3.63) is 23.4 Å². The van der Waals surface area contributed by atoms with E-state index in [4.69, 9.17) is 5.73 Å². The van der Waals surface area contributed by atoms with Crippen LogP contribution in [0.1, 0.15) is 18.2 Å². The van der Waals surface area contributed by atoms with Gasteiger partial charge in [0, 0.05) is 25.7 Å². The van der Waals surface area contributed by atoms with Gasteiger partial charge < -0.3 is 15.7 Å². The van der Waals surface area contributed by atoms with E-state index in [9.17, 15) is 18.3 Å². The van der Waals surface area contributed by atoms with Crippen LogP contribution >= 0.6 is 0 Å². The number of pyridine rings is 1. The molecular formula is C11H16F3N3O. The first kappa shape index (κ1) is 14.7. The Morgan fingerprint density at radius 3 is 2.50 bits per heavy atom. The number of anilines is 1. The van der Waals surface area contributed by atoms with Crippen molar-refractivity contribution in [1.82, 2.24) is 4.98 Å². The molecule has 0 aromatic carbocycles. The lowest BCUT2D eigenvalue weighted by atomic mass is 10.2. The van der Waals surface area contributed by atoms with E-state index in [-0.39, 0.29) is 18.9 Å². The van der Waals surface area contributed by atoms with Crippen molar-refractivity contribution in [3.8, 4) is 0 Å². The van der Waals surface area contributed by atoms with E-state index < -0.39 is 18.0 Å². The fraction of sp³-hybridized carbons (Fsp3) is 0.545. The van der Waals surface area contributed by atoms with Crippen molar-refractivity contribution in [1.29, 1.82) is 0 Å². The Bertz CT molecular complexity index is 407. The number of alkyl halides is 3. The van der Waals surface area contributed by atoms with Gasteiger partial charge in [0.15, 0.2) is 0 Å². The van der Waals surface area contributed by atoms with Crippen LogP contribution in [0.3, 0.4) is 0 Å². The van der Waals surface area contributed by atoms with Gasteiger partial charge in [-0.2, -0.15) is 13.2 Å². The number of aliphatic hydroxyl groups excluding tert-OH is 1. The van der Waals surface area contributed by atoms with E-state index in [2.05, 4.69) is 4.98 Å². The van der Waals surface area contributed by atoms with E-state index >= 15 is 0 Å². The summed E-state index contributed by atoms with van der Waals surface area (Å²) in [5, 5.41) is 9.25. The van der Waals surface area contributed by atoms with Crippen LogP contribution in [0.2, 0.25) is 0 Å². The SMILES string of the molecule is CC(O)CN(C)c1nc(C(F)(F)F)ccc1CN. The molecule has 0 spiro atoms. The molecule has 102 valence electrons. The number of nitrogens with zero attached hydrogens (tertiary/aromatic N) is 2. The minimum atomic E-state index is -4.49. The lowest BCUT2D eigenvalue weighted by Gasteiger charge is -2.23. The monoisotopic (exact) mass is 263 g/mol. The normalized spacial score (nSPS) is 13.5. The first-order valence-electron chi connectivity index (χ1n) is 5.42. The maximum atomic E-state index is 12.6. The predicted octanol–water partition coefficient (Wildman–Crippen LogP) is 1.38. The van der Waals surface area contributed by atoms with Crippen molar-refractivity contribution in [3.63, 3.8) is 0 Å². The minimum Gasteiger partial charge on any atom is -0.392 e. The van der Waals surface area contributed by atoms with Crippen molar-refractivity contribution in [2.45, 2.75) is 25.7 Å². The number of rotatable bonds is 4. The third-order valence-corrected chi connectivity index (χ3v) is 2.37. The Balaban J connectivity index is 3.14. The highest BCUT2D eigenvalue weighted by Gasteiger charge is 2.33. The standard InChI is InChI=1S/C11H16F3N3O/c1-7(18)6-17(2)10-8(5-15)3-4-9(16-10)11(12,13)14/h3-4,7,18H,5-6,15H2,1-2H3. The second-order valence-electron chi connectivity index (χ2n) is 4.11. The Labute approximate surface area is 103 Å². The molecule has 18 heavy (non-hydrogen) atoms. The predicted molar refractivity (Wildman–Crippen MR) is 62.1 cm³/mol. The third kappa shape index (κ3) is 3.58. The number of halogens is 3. The lowest BCUT2D eigenvalue weighted by Crippen LogP contribution is -2.29. The molecule has 0 aliphatic heterocycles. The summed E-state index contributed by atoms with van der Waals surface area (Å²) >= 11 is 0. The lowest BCUT2D eigenvalue weighted by molar-refractivity contribution is -0.141. The summed E-state index contributed by atoms with van der Waals surface area (Å²) in [5.41, 5.74) is 5.01. The maximum absolute atomic E-state index is 12.6. The van der Waals surface area contributed by atoms with Gasteiger partial charge in [0.25, 0.3) is 0 Å². The summed E-state index contributed by atoms with van der Waals surface area (Å²) in [4.78, 5) is 5.04. The number of hydrogen-bond acceptors (Lipinski definition) is 4. The maximum Gasteiger partial charge on any atom is 0.433 e. The molecule has 1 aromatic rings. The van der Waals surface area contributed by atoms with E-state index in [1.54, 1.807) is 14.0 Å². The smallest absolute Gasteiger partial charge is 0.392 e. The van der Waals surface area contributed by atoms with Crippen LogP contribution in [-0.4, -0.2) is 29.8 Å². The molecule has 0 amide bonds. The fourth-order valence-corrected chi connectivity index (χ4v) is 1.61. The molecule has 1 atom stereocenters. The first-order chi connectivity index (χ1) is 8.25. The molecule has 0 radical (unpaired) electrons. The van der Waals surface area contributed by atoms with Gasteiger partial charge in [-0.3, -0.25) is 0 Å². The summed E-state index contributed by atoms with van der Waals surface area (Å²) < 4.78 is 37.7. The number of aliphatic hydroxyl groups is 1. The van der Waals surface area contributed by atoms with Gasteiger partial charge in [-0.05, 0) is 13.0 Å². The molecule has 1 unspecified atom stereocenters. The fourth-order valence-electron chi connectivity index (χ4n) is 1.61. The van der Waals surface area contributed by atoms with Gasteiger partial charge in [0.1, 0.15) is 11.5 Å². The Hall–Kier alpha value is -1.34. The highest BCUT2D eigenvalue weighted by atomic mass is 19.4. The van der Waals surface area contributed by atoms with Crippen LogP contribution < -0.4 is 10.6 Å². The molecule has 0 fully saturated rings. The Morgan fingerprint density at radius 2 is 2.06 bits per heavy atom. The van der Waals surface area contributed by atoms with Crippen LogP contribution in [0.25, 0.3) is 0 Å². The molecule has 0 saturated heterocycles. The summed E-state index contributed by atoms with van der Waals surface area (Å²) in [7, 11) is 1.56. The minimum absolute atomic E-state index is 0.0879. The average molecular weight is 263 g/mol. The van der Waals surface area contributed by atoms with Crippen LogP contribution in [-0.2, 0) is 12.7 Å². The van der Waals surface area contributed by atoms with E-state index in [0.717, 1.165) is 6.07 Å². The van der Waals surface area contributed by atoms with Gasteiger partial charge in [-0.15, -0.1) is 0 Å². The molecule has 7 heteroatoms. The molecule has 1 aromatic heterocycles. The van der Waals surface area contributed by atoms with Gasteiger partial charge in [-0.25, -0.2) is 4.98 Å². The van der Waals surface area contributed by atoms with Crippen LogP contribution in [0.15, 0.2) is 12.1 Å². The summed E-state index contributed by atoms with van der Waals surface area (Å²) in [6, 6.07) is 2.21. The second-order valence-corrected chi connectivity index (χ2v) is 4.11. The quantitative estimate of drug-likeness (QED) is 0.861. The molecule has 0 aliphatic carbocycles. The topological polar surface area (TPSA) is 62.4 Å². The molecule has 1 rings (SSSR count). The van der Waals surface area contributed by atoms with E-state index in [0.29, 0.717) is 5.56 Å². The Morgan fingerprint density at radius 1 is 1.44 bits per heavy atom. The Kier molecular flexibility index (Phi) is 4.53. The molecular weight excluding hydrogens is 247 g/mol. The zero-order valence-corrected chi connectivity index (χ0v) is 10.2. The molecule has 4 nitrogen and oxygen atoms in total. The zero-order chi connectivity index (χ0) is 13.9. The zero-order valence-electron chi connectivity index (χ0n) is 10.2. The van der Waals surface area contributed by atoms with E-state index in [1.165, 1.54) is 11.0 Å². The number of nitrogens with two attached hydrogens (primary N) is 1. The van der Waals surface area contributed by atoms with Crippen LogP contribution in [0.5, 0.6) is 0 Å². The molecule has 0 aliphatic rings. The average Bonchev–Trinajstić information content (AvgIpc) is 2.26.